The minimum Gasteiger partial charge on any atom is -0.359 e. The number of hydrogen-bond acceptors (Lipinski definition) is 7. The maximum Gasteiger partial charge on any atom is 0.228 e. The molecule has 170 valence electrons. The molecule has 3 rings (SSSR count). The fourth-order valence-corrected chi connectivity index (χ4v) is 5.00. The molecule has 0 aromatic carbocycles. The molecule has 0 radical (unpaired) electrons. The van der Waals surface area contributed by atoms with Gasteiger partial charge in [-0.25, -0.2) is 4.98 Å². The van der Waals surface area contributed by atoms with E-state index in [9.17, 15) is 4.79 Å². The molecule has 0 spiro atoms. The maximum absolute atomic E-state index is 12.7. The molecule has 1 N–H and O–H groups in total. The van der Waals surface area contributed by atoms with Crippen molar-refractivity contribution in [2.45, 2.75) is 78.9 Å². The van der Waals surface area contributed by atoms with Crippen LogP contribution in [0.1, 0.15) is 66.6 Å². The van der Waals surface area contributed by atoms with Crippen LogP contribution in [0.4, 0.5) is 5.13 Å². The van der Waals surface area contributed by atoms with Gasteiger partial charge in [-0.1, -0.05) is 20.8 Å². The molecule has 2 fully saturated rings. The lowest BCUT2D eigenvalue weighted by Crippen LogP contribution is -2.51. The number of carbonyl (C=O) groups is 1. The zero-order valence-electron chi connectivity index (χ0n) is 19.7. The molecular formula is C22H40N6OS. The monoisotopic (exact) mass is 436 g/mol. The van der Waals surface area contributed by atoms with E-state index < -0.39 is 0 Å². The Kier molecular flexibility index (Phi) is 7.40. The Hall–Kier alpha value is -1.25. The highest BCUT2D eigenvalue weighted by molar-refractivity contribution is 7.09. The standard InChI is InChI=1S/C22H40N6OS/c1-7-22(5,6)19(29)27-13-11-26(12-14-27)16-18-24-20(30-25-18)23-15-17-9-8-10-28(17)21(2,3)4/h17H,7-16H2,1-6H3,(H,23,24,25)/t17-/m0/s1. The van der Waals surface area contributed by atoms with E-state index in [1.54, 1.807) is 0 Å². The number of nitrogens with zero attached hydrogens (tertiary/aromatic N) is 5. The van der Waals surface area contributed by atoms with Crippen molar-refractivity contribution < 1.29 is 4.79 Å². The number of anilines is 1. The Balaban J connectivity index is 1.45. The van der Waals surface area contributed by atoms with Gasteiger partial charge in [0, 0.05) is 61.3 Å². The van der Waals surface area contributed by atoms with Crippen LogP contribution in [0.2, 0.25) is 0 Å². The zero-order valence-corrected chi connectivity index (χ0v) is 20.5. The van der Waals surface area contributed by atoms with Crippen molar-refractivity contribution in [1.82, 2.24) is 24.1 Å². The van der Waals surface area contributed by atoms with E-state index in [1.807, 2.05) is 18.7 Å². The van der Waals surface area contributed by atoms with E-state index in [0.29, 0.717) is 6.04 Å². The molecule has 0 bridgehead atoms. The summed E-state index contributed by atoms with van der Waals surface area (Å²) in [6.45, 7) is 19.3. The van der Waals surface area contributed by atoms with Gasteiger partial charge in [-0.3, -0.25) is 14.6 Å². The third-order valence-corrected chi connectivity index (χ3v) is 7.39. The molecule has 2 aliphatic heterocycles. The highest BCUT2D eigenvalue weighted by Gasteiger charge is 2.33. The van der Waals surface area contributed by atoms with E-state index in [-0.39, 0.29) is 16.9 Å². The van der Waals surface area contributed by atoms with Gasteiger partial charge in [0.15, 0.2) is 5.82 Å². The lowest BCUT2D eigenvalue weighted by molar-refractivity contribution is -0.142. The second-order valence-electron chi connectivity index (χ2n) is 10.4. The second kappa shape index (κ2) is 9.49. The molecule has 1 aromatic rings. The summed E-state index contributed by atoms with van der Waals surface area (Å²) >= 11 is 1.46. The molecule has 1 amide bonds. The molecule has 2 aliphatic rings. The summed E-state index contributed by atoms with van der Waals surface area (Å²) in [4.78, 5) is 24.3. The van der Waals surface area contributed by atoms with Crippen LogP contribution in [-0.2, 0) is 11.3 Å². The van der Waals surface area contributed by atoms with Crippen LogP contribution in [0.15, 0.2) is 0 Å². The summed E-state index contributed by atoms with van der Waals surface area (Å²) in [6.07, 6.45) is 3.39. The highest BCUT2D eigenvalue weighted by atomic mass is 32.1. The average Bonchev–Trinajstić information content (AvgIpc) is 3.35. The summed E-state index contributed by atoms with van der Waals surface area (Å²) < 4.78 is 4.56. The minimum absolute atomic E-state index is 0.213. The van der Waals surface area contributed by atoms with Crippen LogP contribution in [0, 0.1) is 5.41 Å². The topological polar surface area (TPSA) is 64.6 Å². The van der Waals surface area contributed by atoms with Crippen LogP contribution in [0.5, 0.6) is 0 Å². The fraction of sp³-hybridized carbons (Fsp3) is 0.864. The van der Waals surface area contributed by atoms with Crippen molar-refractivity contribution in [2.75, 3.05) is 44.6 Å². The molecule has 1 atom stereocenters. The first kappa shape index (κ1) is 23.4. The number of carbonyl (C=O) groups excluding carboxylic acids is 1. The van der Waals surface area contributed by atoms with Gasteiger partial charge in [-0.05, 0) is 46.6 Å². The van der Waals surface area contributed by atoms with Gasteiger partial charge in [0.25, 0.3) is 0 Å². The fourth-order valence-electron chi connectivity index (χ4n) is 4.41. The van der Waals surface area contributed by atoms with E-state index in [1.165, 1.54) is 30.9 Å². The quantitative estimate of drug-likeness (QED) is 0.708. The Bertz CT molecular complexity index is 705. The van der Waals surface area contributed by atoms with Gasteiger partial charge >= 0.3 is 0 Å². The lowest BCUT2D eigenvalue weighted by Gasteiger charge is -2.38. The SMILES string of the molecule is CCC(C)(C)C(=O)N1CCN(Cc2nsc(NC[C@@H]3CCCN3C(C)(C)C)n2)CC1. The third-order valence-electron chi connectivity index (χ3n) is 6.68. The molecule has 0 unspecified atom stereocenters. The van der Waals surface area contributed by atoms with Crippen molar-refractivity contribution in [3.8, 4) is 0 Å². The number of nitrogens with one attached hydrogen (secondary N) is 1. The summed E-state index contributed by atoms with van der Waals surface area (Å²) in [5.74, 6) is 1.16. The molecule has 1 aromatic heterocycles. The van der Waals surface area contributed by atoms with Gasteiger partial charge in [-0.15, -0.1) is 0 Å². The van der Waals surface area contributed by atoms with Crippen molar-refractivity contribution in [2.24, 2.45) is 5.41 Å². The number of rotatable bonds is 7. The molecule has 30 heavy (non-hydrogen) atoms. The van der Waals surface area contributed by atoms with E-state index in [2.05, 4.69) is 47.2 Å². The predicted molar refractivity (Wildman–Crippen MR) is 124 cm³/mol. The third kappa shape index (κ3) is 5.71. The summed E-state index contributed by atoms with van der Waals surface area (Å²) in [5.41, 5.74) is -0.0495. The number of piperazine rings is 1. The van der Waals surface area contributed by atoms with E-state index in [4.69, 9.17) is 4.98 Å². The molecule has 0 saturated carbocycles. The number of amides is 1. The van der Waals surface area contributed by atoms with Gasteiger partial charge in [0.1, 0.15) is 0 Å². The molecule has 0 aliphatic carbocycles. The second-order valence-corrected chi connectivity index (χ2v) is 11.1. The minimum atomic E-state index is -0.263. The first-order valence-corrected chi connectivity index (χ1v) is 12.2. The first-order chi connectivity index (χ1) is 14.1. The van der Waals surface area contributed by atoms with Crippen LogP contribution in [0.25, 0.3) is 0 Å². The summed E-state index contributed by atoms with van der Waals surface area (Å²) in [6, 6.07) is 0.565. The average molecular weight is 437 g/mol. The van der Waals surface area contributed by atoms with Crippen molar-refractivity contribution >= 4 is 22.6 Å². The number of likely N-dealkylation sites (tertiary alicyclic amines) is 1. The van der Waals surface area contributed by atoms with Crippen LogP contribution in [0.3, 0.4) is 0 Å². The maximum atomic E-state index is 12.7. The molecule has 7 nitrogen and oxygen atoms in total. The molecule has 3 heterocycles. The smallest absolute Gasteiger partial charge is 0.228 e. The Morgan fingerprint density at radius 3 is 2.47 bits per heavy atom. The summed E-state index contributed by atoms with van der Waals surface area (Å²) in [7, 11) is 0. The largest absolute Gasteiger partial charge is 0.359 e. The Morgan fingerprint density at radius 1 is 1.13 bits per heavy atom. The zero-order chi connectivity index (χ0) is 21.9. The first-order valence-electron chi connectivity index (χ1n) is 11.4. The number of aromatic nitrogens is 2. The van der Waals surface area contributed by atoms with Gasteiger partial charge < -0.3 is 10.2 Å². The van der Waals surface area contributed by atoms with E-state index in [0.717, 1.165) is 56.6 Å². The van der Waals surface area contributed by atoms with Crippen molar-refractivity contribution in [3.63, 3.8) is 0 Å². The van der Waals surface area contributed by atoms with Gasteiger partial charge in [0.2, 0.25) is 11.0 Å². The van der Waals surface area contributed by atoms with Crippen LogP contribution < -0.4 is 5.32 Å². The predicted octanol–water partition coefficient (Wildman–Crippen LogP) is 3.29. The molecular weight excluding hydrogens is 396 g/mol. The Labute approximate surface area is 186 Å². The van der Waals surface area contributed by atoms with E-state index >= 15 is 0 Å². The van der Waals surface area contributed by atoms with Crippen LogP contribution >= 0.6 is 11.5 Å². The number of hydrogen-bond donors (Lipinski definition) is 1. The van der Waals surface area contributed by atoms with Gasteiger partial charge in [-0.2, -0.15) is 4.37 Å². The Morgan fingerprint density at radius 2 is 1.83 bits per heavy atom. The lowest BCUT2D eigenvalue weighted by atomic mass is 9.88. The van der Waals surface area contributed by atoms with Crippen molar-refractivity contribution in [1.29, 1.82) is 0 Å². The van der Waals surface area contributed by atoms with Crippen LogP contribution in [-0.4, -0.2) is 80.8 Å². The summed E-state index contributed by atoms with van der Waals surface area (Å²) in [5, 5.41) is 4.44. The highest BCUT2D eigenvalue weighted by Crippen LogP contribution is 2.27. The van der Waals surface area contributed by atoms with Crippen molar-refractivity contribution in [3.05, 3.63) is 5.82 Å². The molecule has 2 saturated heterocycles. The molecule has 8 heteroatoms. The normalized spacial score (nSPS) is 21.9. The van der Waals surface area contributed by atoms with Gasteiger partial charge in [0.05, 0.1) is 6.54 Å².